The van der Waals surface area contributed by atoms with E-state index in [2.05, 4.69) is 11.0 Å². The summed E-state index contributed by atoms with van der Waals surface area (Å²) in [5.74, 6) is 0.838. The third-order valence-corrected chi connectivity index (χ3v) is 2.35. The van der Waals surface area contributed by atoms with Crippen LogP contribution in [0.3, 0.4) is 0 Å². The molecule has 2 heteroatoms. The summed E-state index contributed by atoms with van der Waals surface area (Å²) in [7, 11) is 1.76. The van der Waals surface area contributed by atoms with E-state index in [9.17, 15) is 0 Å². The van der Waals surface area contributed by atoms with Crippen molar-refractivity contribution in [3.63, 3.8) is 0 Å². The van der Waals surface area contributed by atoms with Gasteiger partial charge in [0.2, 0.25) is 0 Å². The standard InChI is InChI=1S/C8H13NO/c1-10-6-8-4-7-2-3-9(8)5-7/h4,7H,2-3,5-6H2,1H3. The predicted molar refractivity (Wildman–Crippen MR) is 39.6 cm³/mol. The molecular formula is C8H13NO. The van der Waals surface area contributed by atoms with Gasteiger partial charge in [0.1, 0.15) is 0 Å². The highest BCUT2D eigenvalue weighted by atomic mass is 16.5. The zero-order chi connectivity index (χ0) is 6.97. The Morgan fingerprint density at radius 1 is 1.80 bits per heavy atom. The smallest absolute Gasteiger partial charge is 0.0857 e. The molecule has 0 amide bonds. The van der Waals surface area contributed by atoms with Crippen molar-refractivity contribution < 1.29 is 4.74 Å². The summed E-state index contributed by atoms with van der Waals surface area (Å²) in [6.45, 7) is 3.30. The van der Waals surface area contributed by atoms with Crippen LogP contribution in [0.2, 0.25) is 0 Å². The molecule has 0 aromatic carbocycles. The third kappa shape index (κ3) is 0.833. The molecule has 2 aliphatic rings. The molecule has 0 aromatic heterocycles. The van der Waals surface area contributed by atoms with E-state index in [1.807, 2.05) is 0 Å². The largest absolute Gasteiger partial charge is 0.379 e. The maximum atomic E-state index is 5.07. The van der Waals surface area contributed by atoms with Gasteiger partial charge in [-0.1, -0.05) is 6.08 Å². The van der Waals surface area contributed by atoms with E-state index < -0.39 is 0 Å². The van der Waals surface area contributed by atoms with Gasteiger partial charge in [0, 0.05) is 25.9 Å². The van der Waals surface area contributed by atoms with Crippen LogP contribution in [0.25, 0.3) is 0 Å². The minimum atomic E-state index is 0.802. The van der Waals surface area contributed by atoms with Crippen LogP contribution in [-0.2, 0) is 4.74 Å². The molecule has 0 aliphatic carbocycles. The molecule has 2 nitrogen and oxygen atoms in total. The molecule has 2 rings (SSSR count). The summed E-state index contributed by atoms with van der Waals surface area (Å²) in [4.78, 5) is 2.42. The maximum Gasteiger partial charge on any atom is 0.0857 e. The summed E-state index contributed by atoms with van der Waals surface area (Å²) in [5, 5.41) is 0. The summed E-state index contributed by atoms with van der Waals surface area (Å²) in [6.07, 6.45) is 3.71. The lowest BCUT2D eigenvalue weighted by Crippen LogP contribution is -2.18. The minimum Gasteiger partial charge on any atom is -0.379 e. The fourth-order valence-corrected chi connectivity index (χ4v) is 1.85. The molecule has 10 heavy (non-hydrogen) atoms. The van der Waals surface area contributed by atoms with E-state index in [4.69, 9.17) is 4.74 Å². The Kier molecular flexibility index (Phi) is 1.42. The van der Waals surface area contributed by atoms with E-state index in [-0.39, 0.29) is 0 Å². The minimum absolute atomic E-state index is 0.802. The van der Waals surface area contributed by atoms with E-state index in [0.717, 1.165) is 12.5 Å². The van der Waals surface area contributed by atoms with Crippen molar-refractivity contribution in [1.82, 2.24) is 4.90 Å². The molecule has 0 spiro atoms. The molecule has 1 atom stereocenters. The van der Waals surface area contributed by atoms with Crippen LogP contribution in [0.1, 0.15) is 6.42 Å². The first-order chi connectivity index (χ1) is 4.90. The van der Waals surface area contributed by atoms with E-state index in [1.54, 1.807) is 7.11 Å². The van der Waals surface area contributed by atoms with Crippen molar-refractivity contribution in [2.75, 3.05) is 26.8 Å². The first kappa shape index (κ1) is 6.23. The highest BCUT2D eigenvalue weighted by molar-refractivity contribution is 5.15. The quantitative estimate of drug-likeness (QED) is 0.562. The molecule has 1 unspecified atom stereocenters. The number of nitrogens with zero attached hydrogens (tertiary/aromatic N) is 1. The Bertz CT molecular complexity index is 165. The van der Waals surface area contributed by atoms with Crippen LogP contribution < -0.4 is 0 Å². The van der Waals surface area contributed by atoms with Gasteiger partial charge in [-0.2, -0.15) is 0 Å². The van der Waals surface area contributed by atoms with Gasteiger partial charge in [-0.15, -0.1) is 0 Å². The van der Waals surface area contributed by atoms with Gasteiger partial charge < -0.3 is 9.64 Å². The predicted octanol–water partition coefficient (Wildman–Crippen LogP) is 0.852. The van der Waals surface area contributed by atoms with Gasteiger partial charge in [0.05, 0.1) is 6.61 Å². The van der Waals surface area contributed by atoms with Crippen molar-refractivity contribution in [2.45, 2.75) is 6.42 Å². The Morgan fingerprint density at radius 3 is 3.20 bits per heavy atom. The molecule has 0 aromatic rings. The molecule has 1 fully saturated rings. The first-order valence-corrected chi connectivity index (χ1v) is 3.85. The number of fused-ring (bicyclic) bond motifs is 2. The molecule has 56 valence electrons. The van der Waals surface area contributed by atoms with Gasteiger partial charge in [0.15, 0.2) is 0 Å². The van der Waals surface area contributed by atoms with E-state index in [1.165, 1.54) is 25.2 Å². The second-order valence-corrected chi connectivity index (χ2v) is 3.09. The lowest BCUT2D eigenvalue weighted by molar-refractivity contribution is 0.199. The van der Waals surface area contributed by atoms with Gasteiger partial charge in [0.25, 0.3) is 0 Å². The fourth-order valence-electron chi connectivity index (χ4n) is 1.85. The first-order valence-electron chi connectivity index (χ1n) is 3.85. The molecule has 1 saturated heterocycles. The summed E-state index contributed by atoms with van der Waals surface area (Å²) in [6, 6.07) is 0. The topological polar surface area (TPSA) is 12.5 Å². The van der Waals surface area contributed by atoms with Crippen LogP contribution in [0.4, 0.5) is 0 Å². The van der Waals surface area contributed by atoms with Crippen LogP contribution in [0, 0.1) is 5.92 Å². The van der Waals surface area contributed by atoms with Crippen LogP contribution >= 0.6 is 0 Å². The van der Waals surface area contributed by atoms with E-state index >= 15 is 0 Å². The van der Waals surface area contributed by atoms with Crippen molar-refractivity contribution in [3.05, 3.63) is 11.8 Å². The number of ether oxygens (including phenoxy) is 1. The lowest BCUT2D eigenvalue weighted by atomic mass is 10.1. The maximum absolute atomic E-state index is 5.07. The molecule has 0 radical (unpaired) electrons. The van der Waals surface area contributed by atoms with Crippen molar-refractivity contribution in [3.8, 4) is 0 Å². The number of hydrogen-bond acceptors (Lipinski definition) is 2. The SMILES string of the molecule is COCC1=CC2CCN1C2. The second-order valence-electron chi connectivity index (χ2n) is 3.09. The van der Waals surface area contributed by atoms with Gasteiger partial charge >= 0.3 is 0 Å². The number of methoxy groups -OCH3 is 1. The highest BCUT2D eigenvalue weighted by Crippen LogP contribution is 2.29. The fraction of sp³-hybridized carbons (Fsp3) is 0.750. The highest BCUT2D eigenvalue weighted by Gasteiger charge is 2.28. The van der Waals surface area contributed by atoms with Crippen molar-refractivity contribution >= 4 is 0 Å². The average Bonchev–Trinajstić information content (AvgIpc) is 2.48. The molecule has 2 heterocycles. The van der Waals surface area contributed by atoms with Crippen molar-refractivity contribution in [2.24, 2.45) is 5.92 Å². The molecular weight excluding hydrogens is 126 g/mol. The van der Waals surface area contributed by atoms with Gasteiger partial charge in [-0.3, -0.25) is 0 Å². The third-order valence-electron chi connectivity index (χ3n) is 2.35. The van der Waals surface area contributed by atoms with Crippen LogP contribution in [0.5, 0.6) is 0 Å². The molecule has 0 saturated carbocycles. The Morgan fingerprint density at radius 2 is 2.70 bits per heavy atom. The van der Waals surface area contributed by atoms with Crippen molar-refractivity contribution in [1.29, 1.82) is 0 Å². The average molecular weight is 139 g/mol. The summed E-state index contributed by atoms with van der Waals surface area (Å²) < 4.78 is 5.07. The normalized spacial score (nSPS) is 29.5. The molecule has 0 N–H and O–H groups in total. The number of rotatable bonds is 2. The second kappa shape index (κ2) is 2.27. The zero-order valence-corrected chi connectivity index (χ0v) is 6.34. The van der Waals surface area contributed by atoms with Crippen LogP contribution in [0.15, 0.2) is 11.8 Å². The molecule has 2 aliphatic heterocycles. The Balaban J connectivity index is 2.03. The summed E-state index contributed by atoms with van der Waals surface area (Å²) in [5.41, 5.74) is 1.40. The van der Waals surface area contributed by atoms with Gasteiger partial charge in [-0.05, 0) is 12.3 Å². The number of hydrogen-bond donors (Lipinski definition) is 0. The Hall–Kier alpha value is -0.500. The van der Waals surface area contributed by atoms with E-state index in [0.29, 0.717) is 0 Å². The van der Waals surface area contributed by atoms with Crippen LogP contribution in [-0.4, -0.2) is 31.7 Å². The lowest BCUT2D eigenvalue weighted by Gasteiger charge is -2.17. The molecule has 2 bridgehead atoms. The monoisotopic (exact) mass is 139 g/mol. The van der Waals surface area contributed by atoms with Gasteiger partial charge in [-0.25, -0.2) is 0 Å². The Labute approximate surface area is 61.5 Å². The zero-order valence-electron chi connectivity index (χ0n) is 6.34. The summed E-state index contributed by atoms with van der Waals surface area (Å²) >= 11 is 0.